The molecule has 4 heteroatoms. The second kappa shape index (κ2) is 2.86. The van der Waals surface area contributed by atoms with Crippen LogP contribution in [0.5, 0.6) is 0 Å². The van der Waals surface area contributed by atoms with Crippen molar-refractivity contribution in [1.82, 2.24) is 9.97 Å². The van der Waals surface area contributed by atoms with Crippen LogP contribution in [0.2, 0.25) is 0 Å². The van der Waals surface area contributed by atoms with Crippen LogP contribution in [0.1, 0.15) is 17.8 Å². The second-order valence-corrected chi connectivity index (χ2v) is 3.64. The lowest BCUT2D eigenvalue weighted by molar-refractivity contribution is 0.573. The number of nitrogens with two attached hydrogens (primary N) is 1. The first kappa shape index (κ1) is 7.73. The van der Waals surface area contributed by atoms with Gasteiger partial charge in [-0.15, -0.1) is 0 Å². The van der Waals surface area contributed by atoms with Crippen molar-refractivity contribution in [2.24, 2.45) is 11.7 Å². The van der Waals surface area contributed by atoms with E-state index in [1.807, 2.05) is 0 Å². The molecule has 0 aromatic carbocycles. The maximum atomic E-state index is 5.59. The minimum absolute atomic E-state index is 0.368. The molecule has 1 aliphatic rings. The van der Waals surface area contributed by atoms with Gasteiger partial charge in [0.25, 0.3) is 0 Å². The summed E-state index contributed by atoms with van der Waals surface area (Å²) < 4.78 is 0. The third-order valence-corrected chi connectivity index (χ3v) is 2.72. The maximum Gasteiger partial charge on any atom is 0.0925 e. The van der Waals surface area contributed by atoms with Gasteiger partial charge in [-0.2, -0.15) is 0 Å². The van der Waals surface area contributed by atoms with Crippen LogP contribution in [0.3, 0.4) is 0 Å². The van der Waals surface area contributed by atoms with Gasteiger partial charge in [-0.25, -0.2) is 4.98 Å². The van der Waals surface area contributed by atoms with Gasteiger partial charge in [0.15, 0.2) is 0 Å². The summed E-state index contributed by atoms with van der Waals surface area (Å²) >= 11 is 4.96. The molecule has 12 heavy (non-hydrogen) atoms. The molecule has 2 rings (SSSR count). The minimum Gasteiger partial charge on any atom is -0.393 e. The smallest absolute Gasteiger partial charge is 0.0925 e. The molecule has 1 unspecified atom stereocenters. The lowest BCUT2D eigenvalue weighted by atomic mass is 9.90. The molecule has 0 amide bonds. The van der Waals surface area contributed by atoms with Crippen LogP contribution in [0, 0.1) is 5.92 Å². The summed E-state index contributed by atoms with van der Waals surface area (Å²) in [5, 5.41) is 0. The van der Waals surface area contributed by atoms with E-state index in [0.717, 1.165) is 19.3 Å². The number of aromatic nitrogens is 2. The van der Waals surface area contributed by atoms with E-state index < -0.39 is 0 Å². The minimum atomic E-state index is 0.368. The van der Waals surface area contributed by atoms with Crippen molar-refractivity contribution in [2.75, 3.05) is 0 Å². The highest BCUT2D eigenvalue weighted by Crippen LogP contribution is 2.22. The SMILES string of the molecule is NC(=S)C1CCc2nc[nH]c2C1. The van der Waals surface area contributed by atoms with Gasteiger partial charge in [0.05, 0.1) is 17.0 Å². The monoisotopic (exact) mass is 181 g/mol. The largest absolute Gasteiger partial charge is 0.393 e. The normalized spacial score (nSPS) is 21.8. The van der Waals surface area contributed by atoms with E-state index in [0.29, 0.717) is 10.9 Å². The van der Waals surface area contributed by atoms with Crippen molar-refractivity contribution in [3.8, 4) is 0 Å². The Morgan fingerprint density at radius 1 is 1.75 bits per heavy atom. The number of H-pyrrole nitrogens is 1. The van der Waals surface area contributed by atoms with Crippen LogP contribution >= 0.6 is 12.2 Å². The van der Waals surface area contributed by atoms with Gasteiger partial charge in [0.2, 0.25) is 0 Å². The molecule has 64 valence electrons. The summed E-state index contributed by atoms with van der Waals surface area (Å²) in [6.07, 6.45) is 4.73. The molecule has 0 saturated carbocycles. The zero-order valence-corrected chi connectivity index (χ0v) is 7.53. The van der Waals surface area contributed by atoms with Gasteiger partial charge in [-0.1, -0.05) is 12.2 Å². The predicted octanol–water partition coefficient (Wildman–Crippen LogP) is 0.801. The summed E-state index contributed by atoms with van der Waals surface area (Å²) in [7, 11) is 0. The third-order valence-electron chi connectivity index (χ3n) is 2.39. The quantitative estimate of drug-likeness (QED) is 0.630. The lowest BCUT2D eigenvalue weighted by Gasteiger charge is -2.19. The fourth-order valence-corrected chi connectivity index (χ4v) is 1.84. The van der Waals surface area contributed by atoms with Crippen molar-refractivity contribution in [3.05, 3.63) is 17.7 Å². The van der Waals surface area contributed by atoms with Crippen LogP contribution < -0.4 is 5.73 Å². The van der Waals surface area contributed by atoms with E-state index in [1.54, 1.807) is 6.33 Å². The van der Waals surface area contributed by atoms with E-state index in [4.69, 9.17) is 18.0 Å². The van der Waals surface area contributed by atoms with Gasteiger partial charge < -0.3 is 10.7 Å². The Hall–Kier alpha value is -0.900. The van der Waals surface area contributed by atoms with Crippen LogP contribution in [-0.2, 0) is 12.8 Å². The van der Waals surface area contributed by atoms with Crippen LogP contribution in [0.15, 0.2) is 6.33 Å². The van der Waals surface area contributed by atoms with Crippen molar-refractivity contribution >= 4 is 17.2 Å². The summed E-state index contributed by atoms with van der Waals surface area (Å²) in [5.74, 6) is 0.368. The van der Waals surface area contributed by atoms with E-state index in [9.17, 15) is 0 Å². The molecular weight excluding hydrogens is 170 g/mol. The van der Waals surface area contributed by atoms with Crippen molar-refractivity contribution in [2.45, 2.75) is 19.3 Å². The number of thiocarbonyl (C=S) groups is 1. The maximum absolute atomic E-state index is 5.59. The number of rotatable bonds is 1. The number of fused-ring (bicyclic) bond motifs is 1. The molecule has 0 fully saturated rings. The number of imidazole rings is 1. The Balaban J connectivity index is 2.20. The Morgan fingerprint density at radius 2 is 2.58 bits per heavy atom. The lowest BCUT2D eigenvalue weighted by Crippen LogP contribution is -2.27. The molecule has 1 aliphatic carbocycles. The van der Waals surface area contributed by atoms with Gasteiger partial charge in [-0.3, -0.25) is 0 Å². The zero-order valence-electron chi connectivity index (χ0n) is 6.71. The second-order valence-electron chi connectivity index (χ2n) is 3.17. The molecule has 0 radical (unpaired) electrons. The zero-order chi connectivity index (χ0) is 8.55. The van der Waals surface area contributed by atoms with Crippen LogP contribution in [-0.4, -0.2) is 15.0 Å². The highest BCUT2D eigenvalue weighted by Gasteiger charge is 2.21. The Bertz CT molecular complexity index is 305. The van der Waals surface area contributed by atoms with Crippen molar-refractivity contribution in [3.63, 3.8) is 0 Å². The molecule has 1 atom stereocenters. The Kier molecular flexibility index (Phi) is 1.84. The first-order valence-electron chi connectivity index (χ1n) is 4.08. The molecular formula is C8H11N3S. The number of nitrogens with zero attached hydrogens (tertiary/aromatic N) is 1. The molecule has 1 aromatic rings. The Labute approximate surface area is 76.4 Å². The molecule has 0 saturated heterocycles. The van der Waals surface area contributed by atoms with E-state index in [1.165, 1.54) is 11.4 Å². The van der Waals surface area contributed by atoms with Gasteiger partial charge >= 0.3 is 0 Å². The highest BCUT2D eigenvalue weighted by molar-refractivity contribution is 7.80. The Morgan fingerprint density at radius 3 is 3.33 bits per heavy atom. The molecule has 0 aliphatic heterocycles. The summed E-state index contributed by atoms with van der Waals surface area (Å²) in [4.78, 5) is 7.96. The fraction of sp³-hybridized carbons (Fsp3) is 0.500. The molecule has 0 spiro atoms. The van der Waals surface area contributed by atoms with E-state index in [2.05, 4.69) is 9.97 Å². The van der Waals surface area contributed by atoms with Crippen LogP contribution in [0.4, 0.5) is 0 Å². The third kappa shape index (κ3) is 1.22. The van der Waals surface area contributed by atoms with Gasteiger partial charge in [-0.05, 0) is 19.3 Å². The van der Waals surface area contributed by atoms with Crippen LogP contribution in [0.25, 0.3) is 0 Å². The average Bonchev–Trinajstić information content (AvgIpc) is 2.49. The number of aromatic amines is 1. The predicted molar refractivity (Wildman–Crippen MR) is 50.9 cm³/mol. The first-order chi connectivity index (χ1) is 5.77. The summed E-state index contributed by atoms with van der Waals surface area (Å²) in [6.45, 7) is 0. The molecule has 3 nitrogen and oxygen atoms in total. The first-order valence-corrected chi connectivity index (χ1v) is 4.48. The standard InChI is InChI=1S/C8H11N3S/c9-8(12)5-1-2-6-7(3-5)11-4-10-6/h4-5H,1-3H2,(H2,9,12)(H,10,11). The number of aryl methyl sites for hydroxylation is 1. The van der Waals surface area contributed by atoms with E-state index >= 15 is 0 Å². The summed E-state index contributed by atoms with van der Waals surface area (Å²) in [6, 6.07) is 0. The molecule has 0 bridgehead atoms. The molecule has 1 aromatic heterocycles. The van der Waals surface area contributed by atoms with Crippen molar-refractivity contribution in [1.29, 1.82) is 0 Å². The average molecular weight is 181 g/mol. The number of hydrogen-bond donors (Lipinski definition) is 2. The van der Waals surface area contributed by atoms with Gasteiger partial charge in [0, 0.05) is 11.6 Å². The van der Waals surface area contributed by atoms with Gasteiger partial charge in [0.1, 0.15) is 0 Å². The molecule has 3 N–H and O–H groups in total. The number of nitrogens with one attached hydrogen (secondary N) is 1. The number of hydrogen-bond acceptors (Lipinski definition) is 2. The van der Waals surface area contributed by atoms with E-state index in [-0.39, 0.29) is 0 Å². The fourth-order valence-electron chi connectivity index (χ4n) is 1.64. The highest BCUT2D eigenvalue weighted by atomic mass is 32.1. The molecule has 1 heterocycles. The van der Waals surface area contributed by atoms with Crippen molar-refractivity contribution < 1.29 is 0 Å². The topological polar surface area (TPSA) is 54.7 Å². The summed E-state index contributed by atoms with van der Waals surface area (Å²) in [5.41, 5.74) is 7.98.